The van der Waals surface area contributed by atoms with Crippen molar-refractivity contribution in [2.45, 2.75) is 27.4 Å². The van der Waals surface area contributed by atoms with Gasteiger partial charge in [-0.3, -0.25) is 4.79 Å². The average molecular weight is 441 g/mol. The van der Waals surface area contributed by atoms with Crippen molar-refractivity contribution in [3.63, 3.8) is 0 Å². The quantitative estimate of drug-likeness (QED) is 0.405. The van der Waals surface area contributed by atoms with Gasteiger partial charge in [-0.2, -0.15) is 0 Å². The van der Waals surface area contributed by atoms with Gasteiger partial charge in [-0.05, 0) is 62.2 Å². The Hall–Kier alpha value is -2.83. The van der Waals surface area contributed by atoms with Gasteiger partial charge in [0, 0.05) is 15.5 Å². The minimum atomic E-state index is -0.127. The number of hydrogen-bond donors (Lipinski definition) is 1. The summed E-state index contributed by atoms with van der Waals surface area (Å²) in [6.07, 6.45) is 0. The van der Waals surface area contributed by atoms with Crippen molar-refractivity contribution in [2.24, 2.45) is 0 Å². The van der Waals surface area contributed by atoms with Crippen LogP contribution in [-0.4, -0.2) is 16.6 Å². The maximum atomic E-state index is 12.6. The molecule has 0 spiro atoms. The van der Waals surface area contributed by atoms with Crippen LogP contribution >= 0.6 is 22.9 Å². The van der Waals surface area contributed by atoms with E-state index in [1.54, 1.807) is 0 Å². The van der Waals surface area contributed by atoms with Crippen LogP contribution < -0.4 is 15.0 Å². The first-order valence-electron chi connectivity index (χ1n) is 9.60. The van der Waals surface area contributed by atoms with Gasteiger partial charge < -0.3 is 14.5 Å². The second kappa shape index (κ2) is 8.50. The van der Waals surface area contributed by atoms with Crippen LogP contribution in [0.5, 0.6) is 11.5 Å². The lowest BCUT2D eigenvalue weighted by Crippen LogP contribution is -2.09. The molecule has 154 valence electrons. The molecular formula is C23H21ClN2O3S. The standard InChI is InChI=1S/C23H21ClN2O3S/c1-4-28-19-11-16(7-10-18(19)29-12-15-5-8-17(24)9-6-15)21-25-22(27)20-13(2)14(3)30-23(20)26-21/h5-11H,4,12H2,1-3H3,(H,25,26,27). The predicted octanol–water partition coefficient (Wildman–Crippen LogP) is 5.90. The number of rotatable bonds is 6. The normalized spacial score (nSPS) is 11.1. The first-order valence-corrected chi connectivity index (χ1v) is 10.8. The van der Waals surface area contributed by atoms with Gasteiger partial charge in [-0.15, -0.1) is 11.3 Å². The first-order chi connectivity index (χ1) is 14.5. The van der Waals surface area contributed by atoms with Crippen molar-refractivity contribution in [3.05, 3.63) is 73.8 Å². The molecule has 0 aliphatic rings. The molecule has 0 aliphatic carbocycles. The Morgan fingerprint density at radius 1 is 1.07 bits per heavy atom. The smallest absolute Gasteiger partial charge is 0.260 e. The summed E-state index contributed by atoms with van der Waals surface area (Å²) in [6, 6.07) is 13.1. The molecule has 0 saturated heterocycles. The lowest BCUT2D eigenvalue weighted by atomic mass is 10.1. The van der Waals surface area contributed by atoms with Crippen LogP contribution in [-0.2, 0) is 6.61 Å². The van der Waals surface area contributed by atoms with Crippen molar-refractivity contribution >= 4 is 33.2 Å². The highest BCUT2D eigenvalue weighted by Crippen LogP contribution is 2.33. The second-order valence-corrected chi connectivity index (χ2v) is 8.53. The number of aromatic nitrogens is 2. The molecule has 0 amide bonds. The van der Waals surface area contributed by atoms with E-state index < -0.39 is 0 Å². The maximum absolute atomic E-state index is 12.6. The van der Waals surface area contributed by atoms with Crippen LogP contribution in [0, 0.1) is 13.8 Å². The summed E-state index contributed by atoms with van der Waals surface area (Å²) in [4.78, 5) is 22.0. The number of nitrogens with zero attached hydrogens (tertiary/aromatic N) is 1. The number of aromatic amines is 1. The molecule has 7 heteroatoms. The zero-order valence-corrected chi connectivity index (χ0v) is 18.5. The van der Waals surface area contributed by atoms with Crippen molar-refractivity contribution < 1.29 is 9.47 Å². The fraction of sp³-hybridized carbons (Fsp3) is 0.217. The van der Waals surface area contributed by atoms with Gasteiger partial charge in [-0.25, -0.2) is 4.98 Å². The van der Waals surface area contributed by atoms with Gasteiger partial charge in [0.05, 0.1) is 12.0 Å². The molecule has 30 heavy (non-hydrogen) atoms. The lowest BCUT2D eigenvalue weighted by Gasteiger charge is -2.13. The number of hydrogen-bond acceptors (Lipinski definition) is 5. The van der Waals surface area contributed by atoms with E-state index in [-0.39, 0.29) is 5.56 Å². The molecule has 2 heterocycles. The van der Waals surface area contributed by atoms with Crippen molar-refractivity contribution in [3.8, 4) is 22.9 Å². The van der Waals surface area contributed by atoms with E-state index in [9.17, 15) is 4.79 Å². The summed E-state index contributed by atoms with van der Waals surface area (Å²) in [5.74, 6) is 1.74. The highest BCUT2D eigenvalue weighted by molar-refractivity contribution is 7.18. The number of ether oxygens (including phenoxy) is 2. The molecule has 0 bridgehead atoms. The Morgan fingerprint density at radius 2 is 1.83 bits per heavy atom. The number of thiophene rings is 1. The number of H-pyrrole nitrogens is 1. The molecule has 2 aromatic carbocycles. The third-order valence-corrected chi connectivity index (χ3v) is 6.22. The van der Waals surface area contributed by atoms with E-state index >= 15 is 0 Å². The lowest BCUT2D eigenvalue weighted by molar-refractivity contribution is 0.269. The van der Waals surface area contributed by atoms with Crippen molar-refractivity contribution in [1.82, 2.24) is 9.97 Å². The molecule has 0 aliphatic heterocycles. The molecule has 5 nitrogen and oxygen atoms in total. The Labute approximate surface area is 183 Å². The molecule has 1 N–H and O–H groups in total. The topological polar surface area (TPSA) is 64.2 Å². The van der Waals surface area contributed by atoms with Crippen LogP contribution in [0.2, 0.25) is 5.02 Å². The van der Waals surface area contributed by atoms with E-state index in [2.05, 4.69) is 9.97 Å². The molecule has 4 rings (SSSR count). The second-order valence-electron chi connectivity index (χ2n) is 6.89. The molecule has 0 radical (unpaired) electrons. The van der Waals surface area contributed by atoms with E-state index in [1.165, 1.54) is 11.3 Å². The third kappa shape index (κ3) is 4.06. The first kappa shape index (κ1) is 20.4. The highest BCUT2D eigenvalue weighted by atomic mass is 35.5. The average Bonchev–Trinajstić information content (AvgIpc) is 3.02. The van der Waals surface area contributed by atoms with Gasteiger partial charge in [0.25, 0.3) is 5.56 Å². The van der Waals surface area contributed by atoms with Crippen LogP contribution in [0.1, 0.15) is 22.9 Å². The summed E-state index contributed by atoms with van der Waals surface area (Å²) in [5.41, 5.74) is 2.62. The van der Waals surface area contributed by atoms with Gasteiger partial charge in [0.15, 0.2) is 11.5 Å². The predicted molar refractivity (Wildman–Crippen MR) is 122 cm³/mol. The molecule has 0 unspecified atom stereocenters. The molecule has 0 fully saturated rings. The summed E-state index contributed by atoms with van der Waals surface area (Å²) in [7, 11) is 0. The molecule has 0 atom stereocenters. The van der Waals surface area contributed by atoms with Crippen LogP contribution in [0.4, 0.5) is 0 Å². The largest absolute Gasteiger partial charge is 0.490 e. The molecule has 4 aromatic rings. The number of fused-ring (bicyclic) bond motifs is 1. The summed E-state index contributed by atoms with van der Waals surface area (Å²) in [5, 5.41) is 1.35. The van der Waals surface area contributed by atoms with E-state index in [0.717, 1.165) is 26.4 Å². The minimum Gasteiger partial charge on any atom is -0.490 e. The Kier molecular flexibility index (Phi) is 5.79. The van der Waals surface area contributed by atoms with Crippen molar-refractivity contribution in [2.75, 3.05) is 6.61 Å². The zero-order chi connectivity index (χ0) is 21.3. The summed E-state index contributed by atoms with van der Waals surface area (Å²) in [6.45, 7) is 6.75. The summed E-state index contributed by atoms with van der Waals surface area (Å²) < 4.78 is 11.7. The van der Waals surface area contributed by atoms with Gasteiger partial charge >= 0.3 is 0 Å². The Balaban J connectivity index is 1.66. The molecule has 0 saturated carbocycles. The zero-order valence-electron chi connectivity index (χ0n) is 16.9. The third-order valence-electron chi connectivity index (χ3n) is 4.86. The number of halogens is 1. The van der Waals surface area contributed by atoms with Crippen molar-refractivity contribution in [1.29, 1.82) is 0 Å². The molecule has 2 aromatic heterocycles. The fourth-order valence-corrected chi connectivity index (χ4v) is 4.33. The van der Waals surface area contributed by atoms with Gasteiger partial charge in [0.2, 0.25) is 0 Å². The number of nitrogens with one attached hydrogen (secondary N) is 1. The van der Waals surface area contributed by atoms with E-state index in [4.69, 9.17) is 21.1 Å². The fourth-order valence-electron chi connectivity index (χ4n) is 3.18. The number of benzene rings is 2. The highest BCUT2D eigenvalue weighted by Gasteiger charge is 2.14. The maximum Gasteiger partial charge on any atom is 0.260 e. The Morgan fingerprint density at radius 3 is 2.57 bits per heavy atom. The molecular weight excluding hydrogens is 420 g/mol. The van der Waals surface area contributed by atoms with Gasteiger partial charge in [0.1, 0.15) is 17.3 Å². The Bertz CT molecular complexity index is 1260. The van der Waals surface area contributed by atoms with Crippen LogP contribution in [0.3, 0.4) is 0 Å². The monoisotopic (exact) mass is 440 g/mol. The van der Waals surface area contributed by atoms with E-state index in [1.807, 2.05) is 63.2 Å². The van der Waals surface area contributed by atoms with E-state index in [0.29, 0.717) is 40.9 Å². The SMILES string of the molecule is CCOc1cc(-c2nc3sc(C)c(C)c3c(=O)[nH]2)ccc1OCc1ccc(Cl)cc1. The summed E-state index contributed by atoms with van der Waals surface area (Å²) >= 11 is 7.47. The van der Waals surface area contributed by atoms with Crippen LogP contribution in [0.25, 0.3) is 21.6 Å². The van der Waals surface area contributed by atoms with Crippen LogP contribution in [0.15, 0.2) is 47.3 Å². The minimum absolute atomic E-state index is 0.127. The van der Waals surface area contributed by atoms with Gasteiger partial charge in [-0.1, -0.05) is 23.7 Å². The number of aryl methyl sites for hydroxylation is 2.